The van der Waals surface area contributed by atoms with Gasteiger partial charge in [0.05, 0.1) is 12.6 Å². The summed E-state index contributed by atoms with van der Waals surface area (Å²) in [6, 6.07) is -1.04. The van der Waals surface area contributed by atoms with Crippen molar-refractivity contribution in [2.45, 2.75) is 30.6 Å². The lowest BCUT2D eigenvalue weighted by atomic mass is 10.0. The Kier molecular flexibility index (Phi) is 2.99. The van der Waals surface area contributed by atoms with Crippen LogP contribution in [0.1, 0.15) is 0 Å². The van der Waals surface area contributed by atoms with E-state index in [1.165, 1.54) is 0 Å². The summed E-state index contributed by atoms with van der Waals surface area (Å²) in [4.78, 5) is 0. The molecule has 0 aromatic heterocycles. The molecule has 0 aliphatic carbocycles. The van der Waals surface area contributed by atoms with Crippen LogP contribution < -0.4 is 5.73 Å². The fourth-order valence-corrected chi connectivity index (χ4v) is 1.12. The summed E-state index contributed by atoms with van der Waals surface area (Å²) in [5, 5.41) is 36.1. The molecule has 1 unspecified atom stereocenters. The van der Waals surface area contributed by atoms with E-state index in [1.54, 1.807) is 0 Å². The van der Waals surface area contributed by atoms with Crippen molar-refractivity contribution >= 4 is 0 Å². The Morgan fingerprint density at radius 1 is 1.17 bits per heavy atom. The molecule has 0 aromatic rings. The van der Waals surface area contributed by atoms with Gasteiger partial charge in [0.2, 0.25) is 0 Å². The first-order valence-corrected chi connectivity index (χ1v) is 3.64. The second-order valence-electron chi connectivity index (χ2n) is 2.81. The van der Waals surface area contributed by atoms with Gasteiger partial charge in [0.25, 0.3) is 0 Å². The van der Waals surface area contributed by atoms with Crippen molar-refractivity contribution in [1.29, 1.82) is 0 Å². The summed E-state index contributed by atoms with van der Waals surface area (Å²) in [7, 11) is 0. The van der Waals surface area contributed by atoms with E-state index in [-0.39, 0.29) is 0 Å². The second kappa shape index (κ2) is 3.65. The lowest BCUT2D eigenvalue weighted by molar-refractivity contribution is -0.248. The number of hydrogen-bond donors (Lipinski definition) is 5. The number of rotatable bonds is 1. The average Bonchev–Trinajstić information content (AvgIpc) is 2.08. The molecule has 1 fully saturated rings. The highest BCUT2D eigenvalue weighted by Gasteiger charge is 2.41. The highest BCUT2D eigenvalue weighted by atomic mass is 16.7. The van der Waals surface area contributed by atoms with Crippen LogP contribution in [0.4, 0.5) is 0 Å². The zero-order valence-corrected chi connectivity index (χ0v) is 6.37. The Morgan fingerprint density at radius 2 is 1.75 bits per heavy atom. The number of aliphatic hydroxyl groups is 4. The van der Waals surface area contributed by atoms with E-state index in [0.29, 0.717) is 0 Å². The zero-order valence-electron chi connectivity index (χ0n) is 6.37. The van der Waals surface area contributed by atoms with Crippen LogP contribution in [0.2, 0.25) is 0 Å². The first-order chi connectivity index (χ1) is 5.57. The first-order valence-electron chi connectivity index (χ1n) is 3.64. The largest absolute Gasteiger partial charge is 0.394 e. The molecule has 0 spiro atoms. The number of ether oxygens (including phenoxy) is 1. The number of aliphatic hydroxyl groups excluding tert-OH is 4. The summed E-state index contributed by atoms with van der Waals surface area (Å²) >= 11 is 0. The standard InChI is InChI=1S/C6H13NO5/c7-3-5(10)4(9)2(1-8)12-6(3)11/h2-6,8-11H,1,7H2/t2-,3-,4-,5-,6?/m1/s1/i6+1. The fourth-order valence-electron chi connectivity index (χ4n) is 1.12. The molecule has 1 heterocycles. The van der Waals surface area contributed by atoms with Gasteiger partial charge in [-0.25, -0.2) is 0 Å². The maximum Gasteiger partial charge on any atom is 0.173 e. The maximum absolute atomic E-state index is 9.20. The molecule has 6 heteroatoms. The lowest BCUT2D eigenvalue weighted by Gasteiger charge is -2.38. The molecule has 72 valence electrons. The van der Waals surface area contributed by atoms with E-state index in [9.17, 15) is 10.2 Å². The third kappa shape index (κ3) is 1.58. The average molecular weight is 180 g/mol. The van der Waals surface area contributed by atoms with Gasteiger partial charge in [0.15, 0.2) is 6.29 Å². The molecule has 6 nitrogen and oxygen atoms in total. The molecule has 1 saturated heterocycles. The number of nitrogens with two attached hydrogens (primary N) is 1. The SMILES string of the molecule is N[C@@H]1[C@@H](O)[C@H](O)[C@@H](CO)O[13CH]1O. The topological polar surface area (TPSA) is 116 Å². The summed E-state index contributed by atoms with van der Waals surface area (Å²) in [5.41, 5.74) is 5.26. The quantitative estimate of drug-likeness (QED) is 0.270. The minimum atomic E-state index is -1.35. The highest BCUT2D eigenvalue weighted by Crippen LogP contribution is 2.17. The van der Waals surface area contributed by atoms with Gasteiger partial charge in [0.1, 0.15) is 18.3 Å². The van der Waals surface area contributed by atoms with Crippen LogP contribution in [-0.4, -0.2) is 57.7 Å². The number of hydrogen-bond acceptors (Lipinski definition) is 6. The lowest BCUT2D eigenvalue weighted by Crippen LogP contribution is -2.61. The summed E-state index contributed by atoms with van der Waals surface area (Å²) < 4.78 is 4.70. The van der Waals surface area contributed by atoms with Crippen molar-refractivity contribution in [2.75, 3.05) is 6.61 Å². The minimum Gasteiger partial charge on any atom is -0.394 e. The van der Waals surface area contributed by atoms with Crippen LogP contribution in [0, 0.1) is 0 Å². The third-order valence-electron chi connectivity index (χ3n) is 1.95. The third-order valence-corrected chi connectivity index (χ3v) is 1.95. The molecular formula is C6H13NO5. The molecule has 1 rings (SSSR count). The van der Waals surface area contributed by atoms with E-state index in [2.05, 4.69) is 0 Å². The Morgan fingerprint density at radius 3 is 2.25 bits per heavy atom. The molecule has 0 radical (unpaired) electrons. The molecule has 12 heavy (non-hydrogen) atoms. The smallest absolute Gasteiger partial charge is 0.173 e. The van der Waals surface area contributed by atoms with E-state index in [0.717, 1.165) is 0 Å². The van der Waals surface area contributed by atoms with Crippen LogP contribution in [0.25, 0.3) is 0 Å². The monoisotopic (exact) mass is 180 g/mol. The Hall–Kier alpha value is -0.240. The molecule has 0 aromatic carbocycles. The summed E-state index contributed by atoms with van der Waals surface area (Å²) in [6.07, 6.45) is -4.85. The summed E-state index contributed by atoms with van der Waals surface area (Å²) in [5.74, 6) is 0. The van der Waals surface area contributed by atoms with Crippen molar-refractivity contribution in [3.8, 4) is 0 Å². The van der Waals surface area contributed by atoms with Crippen LogP contribution in [0.5, 0.6) is 0 Å². The van der Waals surface area contributed by atoms with Crippen LogP contribution in [-0.2, 0) is 4.74 Å². The van der Waals surface area contributed by atoms with E-state index < -0.39 is 37.3 Å². The van der Waals surface area contributed by atoms with E-state index in [4.69, 9.17) is 20.7 Å². The van der Waals surface area contributed by atoms with E-state index >= 15 is 0 Å². The van der Waals surface area contributed by atoms with Crippen molar-refractivity contribution < 1.29 is 25.2 Å². The predicted octanol–water partition coefficient (Wildman–Crippen LogP) is -3.26. The molecular weight excluding hydrogens is 167 g/mol. The van der Waals surface area contributed by atoms with Gasteiger partial charge in [0, 0.05) is 0 Å². The molecule has 0 bridgehead atoms. The molecule has 1 aliphatic rings. The summed E-state index contributed by atoms with van der Waals surface area (Å²) in [6.45, 7) is -0.470. The molecule has 0 amide bonds. The van der Waals surface area contributed by atoms with Gasteiger partial charge in [-0.05, 0) is 0 Å². The second-order valence-corrected chi connectivity index (χ2v) is 2.81. The van der Waals surface area contributed by atoms with E-state index in [1.807, 2.05) is 0 Å². The van der Waals surface area contributed by atoms with Crippen molar-refractivity contribution in [1.82, 2.24) is 0 Å². The Bertz CT molecular complexity index is 150. The van der Waals surface area contributed by atoms with Gasteiger partial charge in [-0.15, -0.1) is 0 Å². The predicted molar refractivity (Wildman–Crippen MR) is 38.0 cm³/mol. The fraction of sp³-hybridized carbons (Fsp3) is 1.00. The zero-order chi connectivity index (χ0) is 9.30. The van der Waals surface area contributed by atoms with Gasteiger partial charge < -0.3 is 30.9 Å². The normalized spacial score (nSPS) is 49.2. The maximum atomic E-state index is 9.20. The van der Waals surface area contributed by atoms with Crippen molar-refractivity contribution in [3.63, 3.8) is 0 Å². The first kappa shape index (κ1) is 9.85. The van der Waals surface area contributed by atoms with Gasteiger partial charge in [-0.2, -0.15) is 0 Å². The molecule has 5 atom stereocenters. The van der Waals surface area contributed by atoms with Crippen LogP contribution in [0.15, 0.2) is 0 Å². The molecule has 1 aliphatic heterocycles. The van der Waals surface area contributed by atoms with Gasteiger partial charge in [-0.1, -0.05) is 0 Å². The molecule has 6 N–H and O–H groups in total. The highest BCUT2D eigenvalue weighted by molar-refractivity contribution is 4.90. The molecule has 0 saturated carbocycles. The van der Waals surface area contributed by atoms with Crippen LogP contribution >= 0.6 is 0 Å². The minimum absolute atomic E-state index is 0.470. The van der Waals surface area contributed by atoms with Gasteiger partial charge in [-0.3, -0.25) is 0 Å². The Balaban J connectivity index is 2.63. The van der Waals surface area contributed by atoms with Gasteiger partial charge >= 0.3 is 0 Å². The van der Waals surface area contributed by atoms with Crippen molar-refractivity contribution in [2.24, 2.45) is 5.73 Å². The van der Waals surface area contributed by atoms with Crippen molar-refractivity contribution in [3.05, 3.63) is 0 Å². The Labute approximate surface area is 69.2 Å². The van der Waals surface area contributed by atoms with Crippen LogP contribution in [0.3, 0.4) is 0 Å².